The van der Waals surface area contributed by atoms with E-state index in [0.717, 1.165) is 37.3 Å². The van der Waals surface area contributed by atoms with Gasteiger partial charge in [0.15, 0.2) is 5.78 Å². The molecule has 0 spiro atoms. The summed E-state index contributed by atoms with van der Waals surface area (Å²) in [4.78, 5) is 27.9. The van der Waals surface area contributed by atoms with Crippen molar-refractivity contribution in [3.63, 3.8) is 0 Å². The van der Waals surface area contributed by atoms with Gasteiger partial charge in [0.1, 0.15) is 11.6 Å². The van der Waals surface area contributed by atoms with Crippen molar-refractivity contribution in [3.05, 3.63) is 70.1 Å². The first-order valence-corrected chi connectivity index (χ1v) is 9.42. The number of benzene rings is 2. The van der Waals surface area contributed by atoms with Crippen molar-refractivity contribution in [1.29, 1.82) is 0 Å². The molecule has 0 bridgehead atoms. The van der Waals surface area contributed by atoms with Crippen molar-refractivity contribution < 1.29 is 13.6 Å². The summed E-state index contributed by atoms with van der Waals surface area (Å²) in [5, 5.41) is 0. The van der Waals surface area contributed by atoms with Crippen LogP contribution in [-0.2, 0) is 13.1 Å². The van der Waals surface area contributed by atoms with E-state index in [0.29, 0.717) is 18.1 Å². The number of ketones is 1. The van der Waals surface area contributed by atoms with E-state index >= 15 is 0 Å². The molecule has 0 N–H and O–H groups in total. The van der Waals surface area contributed by atoms with Crippen LogP contribution in [0.5, 0.6) is 0 Å². The van der Waals surface area contributed by atoms with Gasteiger partial charge >= 0.3 is 5.69 Å². The number of fused-ring (bicyclic) bond motifs is 1. The summed E-state index contributed by atoms with van der Waals surface area (Å²) in [5.74, 6) is -2.14. The maximum Gasteiger partial charge on any atom is 0.329 e. The van der Waals surface area contributed by atoms with E-state index < -0.39 is 17.4 Å². The number of aromatic nitrogens is 2. The van der Waals surface area contributed by atoms with Crippen LogP contribution in [0.25, 0.3) is 11.0 Å². The van der Waals surface area contributed by atoms with E-state index in [9.17, 15) is 18.4 Å². The molecular weight excluding hydrogens is 364 g/mol. The molecule has 3 aromatic rings. The summed E-state index contributed by atoms with van der Waals surface area (Å²) in [7, 11) is 0. The average Bonchev–Trinajstić information content (AvgIpc) is 3.27. The average molecular weight is 385 g/mol. The first kappa shape index (κ1) is 18.6. The van der Waals surface area contributed by atoms with Gasteiger partial charge < -0.3 is 4.90 Å². The van der Waals surface area contributed by atoms with Crippen LogP contribution >= 0.6 is 0 Å². The third-order valence-corrected chi connectivity index (χ3v) is 5.25. The highest BCUT2D eigenvalue weighted by Crippen LogP contribution is 2.16. The lowest BCUT2D eigenvalue weighted by Gasteiger charge is -2.14. The van der Waals surface area contributed by atoms with Gasteiger partial charge in [-0.2, -0.15) is 0 Å². The molecule has 5 nitrogen and oxygen atoms in total. The van der Waals surface area contributed by atoms with Crippen molar-refractivity contribution in [2.45, 2.75) is 25.9 Å². The van der Waals surface area contributed by atoms with Gasteiger partial charge in [-0.25, -0.2) is 13.6 Å². The van der Waals surface area contributed by atoms with Gasteiger partial charge in [-0.15, -0.1) is 0 Å². The molecule has 1 fully saturated rings. The fourth-order valence-corrected chi connectivity index (χ4v) is 3.84. The fourth-order valence-electron chi connectivity index (χ4n) is 3.84. The molecule has 0 aliphatic carbocycles. The molecule has 1 aliphatic heterocycles. The molecule has 146 valence electrons. The number of imidazole rings is 1. The monoisotopic (exact) mass is 385 g/mol. The fraction of sp³-hybridized carbons (Fsp3) is 0.333. The van der Waals surface area contributed by atoms with Crippen LogP contribution < -0.4 is 5.69 Å². The molecule has 0 saturated carbocycles. The van der Waals surface area contributed by atoms with Gasteiger partial charge in [-0.3, -0.25) is 13.9 Å². The Labute approximate surface area is 160 Å². The number of hydrogen-bond acceptors (Lipinski definition) is 3. The zero-order chi connectivity index (χ0) is 19.7. The van der Waals surface area contributed by atoms with Gasteiger partial charge in [-0.1, -0.05) is 12.1 Å². The van der Waals surface area contributed by atoms with Crippen molar-refractivity contribution in [2.75, 3.05) is 19.6 Å². The van der Waals surface area contributed by atoms with Crippen LogP contribution in [0.3, 0.4) is 0 Å². The standard InChI is InChI=1S/C21H21F2N3O2/c22-16-11-15(12-17(23)13-16)20(27)14-26-19-6-2-1-5-18(19)25(21(26)28)10-9-24-7-3-4-8-24/h1-2,5-6,11-13H,3-4,7-10,14H2. The van der Waals surface area contributed by atoms with Gasteiger partial charge in [0, 0.05) is 24.7 Å². The molecule has 28 heavy (non-hydrogen) atoms. The summed E-state index contributed by atoms with van der Waals surface area (Å²) in [6.07, 6.45) is 2.35. The maximum absolute atomic E-state index is 13.4. The molecule has 7 heteroatoms. The molecule has 0 unspecified atom stereocenters. The lowest BCUT2D eigenvalue weighted by Crippen LogP contribution is -2.31. The number of Topliss-reactive ketones (excluding diaryl/α,β-unsaturated/α-hetero) is 1. The molecule has 1 aromatic heterocycles. The third-order valence-electron chi connectivity index (χ3n) is 5.25. The Morgan fingerprint density at radius 2 is 1.50 bits per heavy atom. The summed E-state index contributed by atoms with van der Waals surface area (Å²) < 4.78 is 29.9. The number of carbonyl (C=O) groups excluding carboxylic acids is 1. The Kier molecular flexibility index (Phi) is 5.09. The molecule has 0 atom stereocenters. The second-order valence-electron chi connectivity index (χ2n) is 7.14. The highest BCUT2D eigenvalue weighted by molar-refractivity contribution is 5.96. The zero-order valence-electron chi connectivity index (χ0n) is 15.4. The normalized spacial score (nSPS) is 14.8. The van der Waals surface area contributed by atoms with Crippen LogP contribution in [0, 0.1) is 11.6 Å². The minimum Gasteiger partial charge on any atom is -0.302 e. The van der Waals surface area contributed by atoms with Crippen LogP contribution in [0.15, 0.2) is 47.3 Å². The molecule has 0 radical (unpaired) electrons. The predicted octanol–water partition coefficient (Wildman–Crippen LogP) is 3.06. The van der Waals surface area contributed by atoms with E-state index in [4.69, 9.17) is 0 Å². The Balaban J connectivity index is 1.65. The first-order valence-electron chi connectivity index (χ1n) is 9.42. The molecule has 0 amide bonds. The lowest BCUT2D eigenvalue weighted by molar-refractivity contribution is 0.0971. The number of nitrogens with zero attached hydrogens (tertiary/aromatic N) is 3. The molecule has 2 aromatic carbocycles. The summed E-state index contributed by atoms with van der Waals surface area (Å²) in [5.41, 5.74) is 1.02. The molecular formula is C21H21F2N3O2. The van der Waals surface area contributed by atoms with Crippen molar-refractivity contribution in [1.82, 2.24) is 14.0 Å². The molecule has 2 heterocycles. The minimum atomic E-state index is -0.816. The smallest absolute Gasteiger partial charge is 0.302 e. The Bertz CT molecular complexity index is 1060. The SMILES string of the molecule is O=C(Cn1c(=O)n(CCN2CCCC2)c2ccccc21)c1cc(F)cc(F)c1. The number of rotatable bonds is 6. The molecule has 4 rings (SSSR count). The van der Waals surface area contributed by atoms with Crippen molar-refractivity contribution >= 4 is 16.8 Å². The number of likely N-dealkylation sites (tertiary alicyclic amines) is 1. The van der Waals surface area contributed by atoms with Crippen LogP contribution in [0.1, 0.15) is 23.2 Å². The van der Waals surface area contributed by atoms with Crippen LogP contribution in [0.4, 0.5) is 8.78 Å². The van der Waals surface area contributed by atoms with E-state index in [1.165, 1.54) is 17.4 Å². The van der Waals surface area contributed by atoms with Gasteiger partial charge in [0.2, 0.25) is 0 Å². The topological polar surface area (TPSA) is 47.2 Å². The van der Waals surface area contributed by atoms with E-state index in [2.05, 4.69) is 4.90 Å². The van der Waals surface area contributed by atoms with Crippen molar-refractivity contribution in [2.24, 2.45) is 0 Å². The number of para-hydroxylation sites is 2. The second-order valence-corrected chi connectivity index (χ2v) is 7.14. The van der Waals surface area contributed by atoms with Gasteiger partial charge in [0.25, 0.3) is 0 Å². The van der Waals surface area contributed by atoms with Crippen LogP contribution in [-0.4, -0.2) is 39.5 Å². The number of carbonyl (C=O) groups is 1. The zero-order valence-corrected chi connectivity index (χ0v) is 15.4. The highest BCUT2D eigenvalue weighted by Gasteiger charge is 2.18. The van der Waals surface area contributed by atoms with E-state index in [-0.39, 0.29) is 17.8 Å². The van der Waals surface area contributed by atoms with E-state index in [1.807, 2.05) is 12.1 Å². The summed E-state index contributed by atoms with van der Waals surface area (Å²) in [6, 6.07) is 9.98. The summed E-state index contributed by atoms with van der Waals surface area (Å²) in [6.45, 7) is 3.12. The van der Waals surface area contributed by atoms with E-state index in [1.54, 1.807) is 16.7 Å². The number of hydrogen-bond donors (Lipinski definition) is 0. The Morgan fingerprint density at radius 3 is 2.14 bits per heavy atom. The molecule has 1 saturated heterocycles. The van der Waals surface area contributed by atoms with Gasteiger partial charge in [-0.05, 0) is 50.2 Å². The van der Waals surface area contributed by atoms with Gasteiger partial charge in [0.05, 0.1) is 17.6 Å². The Hall–Kier alpha value is -2.80. The second kappa shape index (κ2) is 7.67. The highest BCUT2D eigenvalue weighted by atomic mass is 19.1. The van der Waals surface area contributed by atoms with Crippen LogP contribution in [0.2, 0.25) is 0 Å². The Morgan fingerprint density at radius 1 is 0.893 bits per heavy atom. The number of halogens is 2. The van der Waals surface area contributed by atoms with Crippen molar-refractivity contribution in [3.8, 4) is 0 Å². The maximum atomic E-state index is 13.4. The quantitative estimate of drug-likeness (QED) is 0.613. The first-order chi connectivity index (χ1) is 13.5. The largest absolute Gasteiger partial charge is 0.329 e. The third kappa shape index (κ3) is 3.62. The predicted molar refractivity (Wildman–Crippen MR) is 103 cm³/mol. The molecule has 1 aliphatic rings. The minimum absolute atomic E-state index is 0.0849. The summed E-state index contributed by atoms with van der Waals surface area (Å²) >= 11 is 0. The lowest BCUT2D eigenvalue weighted by atomic mass is 10.1.